The lowest BCUT2D eigenvalue weighted by Crippen LogP contribution is -2.49. The predicted octanol–water partition coefficient (Wildman–Crippen LogP) is 1.08. The molecule has 3 heterocycles. The Morgan fingerprint density at radius 2 is 1.85 bits per heavy atom. The van der Waals surface area contributed by atoms with E-state index in [0.29, 0.717) is 45.1 Å². The minimum atomic E-state index is -0.288. The molecular formula is C18H22N6O3. The number of carbonyl (C=O) groups excluding carboxylic acids is 2. The number of nitrogens with zero attached hydrogens (tertiary/aromatic N) is 5. The minimum absolute atomic E-state index is 0.262. The molecule has 142 valence electrons. The van der Waals surface area contributed by atoms with Gasteiger partial charge < -0.3 is 19.9 Å². The molecule has 0 radical (unpaired) electrons. The summed E-state index contributed by atoms with van der Waals surface area (Å²) in [4.78, 5) is 40.1. The minimum Gasteiger partial charge on any atom is -0.450 e. The average molecular weight is 370 g/mol. The van der Waals surface area contributed by atoms with Crippen molar-refractivity contribution in [2.24, 2.45) is 0 Å². The summed E-state index contributed by atoms with van der Waals surface area (Å²) >= 11 is 0. The standard InChI is InChI=1S/C18H22N6O3/c1-2-27-18(26)24-9-7-23(8-10-24)16-13-20-15(12-21-16)17(25)22-11-14-3-5-19-6-4-14/h3-6,12-13H,2,7-11H2,1H3,(H,22,25). The maximum atomic E-state index is 12.2. The van der Waals surface area contributed by atoms with Crippen LogP contribution in [0.5, 0.6) is 0 Å². The van der Waals surface area contributed by atoms with Gasteiger partial charge in [-0.2, -0.15) is 0 Å². The number of aromatic nitrogens is 3. The highest BCUT2D eigenvalue weighted by Gasteiger charge is 2.23. The number of hydrogen-bond donors (Lipinski definition) is 1. The van der Waals surface area contributed by atoms with Gasteiger partial charge in [-0.05, 0) is 24.6 Å². The molecule has 0 aromatic carbocycles. The van der Waals surface area contributed by atoms with E-state index in [1.54, 1.807) is 30.4 Å². The fraction of sp³-hybridized carbons (Fsp3) is 0.389. The zero-order valence-corrected chi connectivity index (χ0v) is 15.2. The van der Waals surface area contributed by atoms with E-state index in [0.717, 1.165) is 5.56 Å². The Balaban J connectivity index is 1.51. The number of carbonyl (C=O) groups is 2. The van der Waals surface area contributed by atoms with E-state index in [-0.39, 0.29) is 17.7 Å². The Labute approximate surface area is 157 Å². The van der Waals surface area contributed by atoms with Crippen LogP contribution in [-0.4, -0.2) is 64.6 Å². The molecule has 1 fully saturated rings. The van der Waals surface area contributed by atoms with Crippen molar-refractivity contribution in [3.8, 4) is 0 Å². The summed E-state index contributed by atoms with van der Waals surface area (Å²) in [5.41, 5.74) is 1.22. The zero-order chi connectivity index (χ0) is 19.1. The predicted molar refractivity (Wildman–Crippen MR) is 98.2 cm³/mol. The van der Waals surface area contributed by atoms with Crippen molar-refractivity contribution in [2.75, 3.05) is 37.7 Å². The van der Waals surface area contributed by atoms with E-state index in [1.165, 1.54) is 6.20 Å². The third-order valence-corrected chi connectivity index (χ3v) is 4.20. The van der Waals surface area contributed by atoms with Crippen LogP contribution in [0.3, 0.4) is 0 Å². The molecule has 0 spiro atoms. The first kappa shape index (κ1) is 18.6. The Kier molecular flexibility index (Phi) is 6.14. The second-order valence-corrected chi connectivity index (χ2v) is 5.97. The summed E-state index contributed by atoms with van der Waals surface area (Å²) < 4.78 is 5.01. The smallest absolute Gasteiger partial charge is 0.409 e. The average Bonchev–Trinajstić information content (AvgIpc) is 2.73. The molecule has 9 heteroatoms. The summed E-state index contributed by atoms with van der Waals surface area (Å²) in [5.74, 6) is 0.405. The number of nitrogens with one attached hydrogen (secondary N) is 1. The van der Waals surface area contributed by atoms with Gasteiger partial charge in [0.25, 0.3) is 5.91 Å². The van der Waals surface area contributed by atoms with Crippen LogP contribution >= 0.6 is 0 Å². The van der Waals surface area contributed by atoms with E-state index in [9.17, 15) is 9.59 Å². The number of hydrogen-bond acceptors (Lipinski definition) is 7. The van der Waals surface area contributed by atoms with Gasteiger partial charge in [-0.1, -0.05) is 0 Å². The summed E-state index contributed by atoms with van der Waals surface area (Å²) in [5, 5.41) is 2.80. The summed E-state index contributed by atoms with van der Waals surface area (Å²) in [6, 6.07) is 3.68. The van der Waals surface area contributed by atoms with E-state index in [2.05, 4.69) is 20.3 Å². The van der Waals surface area contributed by atoms with Crippen LogP contribution in [0, 0.1) is 0 Å². The number of ether oxygens (including phenoxy) is 1. The normalized spacial score (nSPS) is 14.0. The largest absolute Gasteiger partial charge is 0.450 e. The molecule has 27 heavy (non-hydrogen) atoms. The first-order valence-electron chi connectivity index (χ1n) is 8.83. The Morgan fingerprint density at radius 1 is 1.11 bits per heavy atom. The van der Waals surface area contributed by atoms with Crippen molar-refractivity contribution >= 4 is 17.8 Å². The van der Waals surface area contributed by atoms with Gasteiger partial charge in [0.2, 0.25) is 0 Å². The van der Waals surface area contributed by atoms with Gasteiger partial charge in [-0.25, -0.2) is 14.8 Å². The topological polar surface area (TPSA) is 101 Å². The molecule has 3 rings (SSSR count). The van der Waals surface area contributed by atoms with Gasteiger partial charge >= 0.3 is 6.09 Å². The van der Waals surface area contributed by atoms with Gasteiger partial charge in [-0.3, -0.25) is 9.78 Å². The second kappa shape index (κ2) is 8.93. The van der Waals surface area contributed by atoms with E-state index in [4.69, 9.17) is 4.74 Å². The van der Waals surface area contributed by atoms with Crippen molar-refractivity contribution in [3.05, 3.63) is 48.2 Å². The molecule has 2 aromatic rings. The van der Waals surface area contributed by atoms with Gasteiger partial charge in [0.15, 0.2) is 0 Å². The lowest BCUT2D eigenvalue weighted by Gasteiger charge is -2.34. The van der Waals surface area contributed by atoms with Crippen LogP contribution in [0.2, 0.25) is 0 Å². The van der Waals surface area contributed by atoms with Gasteiger partial charge in [-0.15, -0.1) is 0 Å². The lowest BCUT2D eigenvalue weighted by molar-refractivity contribution is 0.0944. The molecule has 1 N–H and O–H groups in total. The third-order valence-electron chi connectivity index (χ3n) is 4.20. The molecule has 1 aliphatic heterocycles. The Hall–Kier alpha value is -3.23. The van der Waals surface area contributed by atoms with Crippen LogP contribution in [0.15, 0.2) is 36.9 Å². The van der Waals surface area contributed by atoms with Crippen LogP contribution in [-0.2, 0) is 11.3 Å². The highest BCUT2D eigenvalue weighted by molar-refractivity contribution is 5.91. The van der Waals surface area contributed by atoms with Crippen molar-refractivity contribution < 1.29 is 14.3 Å². The van der Waals surface area contributed by atoms with Crippen molar-refractivity contribution in [1.82, 2.24) is 25.2 Å². The fourth-order valence-corrected chi connectivity index (χ4v) is 2.71. The molecule has 1 aliphatic rings. The van der Waals surface area contributed by atoms with Crippen LogP contribution in [0.25, 0.3) is 0 Å². The summed E-state index contributed by atoms with van der Waals surface area (Å²) in [6.45, 7) is 4.97. The van der Waals surface area contributed by atoms with Gasteiger partial charge in [0.05, 0.1) is 19.0 Å². The highest BCUT2D eigenvalue weighted by atomic mass is 16.6. The molecule has 0 atom stereocenters. The number of rotatable bonds is 5. The third kappa shape index (κ3) is 4.90. The number of pyridine rings is 1. The van der Waals surface area contributed by atoms with Gasteiger partial charge in [0.1, 0.15) is 11.5 Å². The first-order chi connectivity index (χ1) is 13.2. The van der Waals surface area contributed by atoms with E-state index >= 15 is 0 Å². The molecule has 2 aromatic heterocycles. The lowest BCUT2D eigenvalue weighted by atomic mass is 10.2. The Morgan fingerprint density at radius 3 is 2.48 bits per heavy atom. The quantitative estimate of drug-likeness (QED) is 0.840. The summed E-state index contributed by atoms with van der Waals surface area (Å²) in [7, 11) is 0. The molecule has 2 amide bonds. The molecular weight excluding hydrogens is 348 g/mol. The Bertz CT molecular complexity index is 760. The van der Waals surface area contributed by atoms with Crippen LogP contribution in [0.1, 0.15) is 23.0 Å². The van der Waals surface area contributed by atoms with E-state index < -0.39 is 0 Å². The number of piperazine rings is 1. The zero-order valence-electron chi connectivity index (χ0n) is 15.2. The van der Waals surface area contributed by atoms with Crippen LogP contribution in [0.4, 0.5) is 10.6 Å². The monoisotopic (exact) mass is 370 g/mol. The molecule has 1 saturated heterocycles. The molecule has 0 aliphatic carbocycles. The number of amides is 2. The fourth-order valence-electron chi connectivity index (χ4n) is 2.71. The van der Waals surface area contributed by atoms with Crippen LogP contribution < -0.4 is 10.2 Å². The molecule has 0 bridgehead atoms. The van der Waals surface area contributed by atoms with E-state index in [1.807, 2.05) is 17.0 Å². The van der Waals surface area contributed by atoms with Crippen molar-refractivity contribution in [3.63, 3.8) is 0 Å². The first-order valence-corrected chi connectivity index (χ1v) is 8.83. The molecule has 9 nitrogen and oxygen atoms in total. The van der Waals surface area contributed by atoms with Gasteiger partial charge in [0, 0.05) is 45.1 Å². The van der Waals surface area contributed by atoms with Crippen molar-refractivity contribution in [2.45, 2.75) is 13.5 Å². The molecule has 0 saturated carbocycles. The van der Waals surface area contributed by atoms with Crippen molar-refractivity contribution in [1.29, 1.82) is 0 Å². The maximum absolute atomic E-state index is 12.2. The molecule has 0 unspecified atom stereocenters. The SMILES string of the molecule is CCOC(=O)N1CCN(c2cnc(C(=O)NCc3ccncc3)cn2)CC1. The highest BCUT2D eigenvalue weighted by Crippen LogP contribution is 2.13. The summed E-state index contributed by atoms with van der Waals surface area (Å²) in [6.07, 6.45) is 6.12. The number of anilines is 1. The second-order valence-electron chi connectivity index (χ2n) is 5.97. The maximum Gasteiger partial charge on any atom is 0.409 e.